The van der Waals surface area contributed by atoms with Gasteiger partial charge in [-0.3, -0.25) is 4.79 Å². The normalized spacial score (nSPS) is 10.9. The molecule has 0 aliphatic heterocycles. The first-order chi connectivity index (χ1) is 12.7. The Morgan fingerprint density at radius 3 is 2.38 bits per heavy atom. The molecule has 6 heteroatoms. The van der Waals surface area contributed by atoms with E-state index < -0.39 is 0 Å². The van der Waals surface area contributed by atoms with E-state index in [2.05, 4.69) is 10.3 Å². The maximum atomic E-state index is 12.4. The molecule has 26 heavy (non-hydrogen) atoms. The molecule has 0 bridgehead atoms. The largest absolute Gasteiger partial charge is 0.496 e. The van der Waals surface area contributed by atoms with E-state index in [0.717, 1.165) is 16.5 Å². The number of aromatic nitrogens is 1. The van der Waals surface area contributed by atoms with Crippen molar-refractivity contribution in [3.8, 4) is 17.2 Å². The highest BCUT2D eigenvalue weighted by molar-refractivity contribution is 6.05. The SMILES string of the molecule is COc1cc(OC)c(NC(=O)/C=C/c2c[nH]c3ccccc23)c(OC)c1. The summed E-state index contributed by atoms with van der Waals surface area (Å²) in [6.07, 6.45) is 5.10. The summed E-state index contributed by atoms with van der Waals surface area (Å²) in [6.45, 7) is 0. The van der Waals surface area contributed by atoms with Gasteiger partial charge in [-0.2, -0.15) is 0 Å². The summed E-state index contributed by atoms with van der Waals surface area (Å²) >= 11 is 0. The number of rotatable bonds is 6. The van der Waals surface area contributed by atoms with Crippen molar-refractivity contribution in [1.29, 1.82) is 0 Å². The number of fused-ring (bicyclic) bond motifs is 1. The predicted molar refractivity (Wildman–Crippen MR) is 102 cm³/mol. The Morgan fingerprint density at radius 2 is 1.73 bits per heavy atom. The maximum absolute atomic E-state index is 12.4. The van der Waals surface area contributed by atoms with Crippen molar-refractivity contribution >= 4 is 28.6 Å². The Morgan fingerprint density at radius 1 is 1.04 bits per heavy atom. The van der Waals surface area contributed by atoms with Crippen LogP contribution >= 0.6 is 0 Å². The van der Waals surface area contributed by atoms with E-state index in [4.69, 9.17) is 14.2 Å². The Labute approximate surface area is 151 Å². The smallest absolute Gasteiger partial charge is 0.248 e. The van der Waals surface area contributed by atoms with Gasteiger partial charge in [0.25, 0.3) is 0 Å². The van der Waals surface area contributed by atoms with E-state index in [1.54, 1.807) is 25.3 Å². The monoisotopic (exact) mass is 352 g/mol. The molecule has 0 aliphatic carbocycles. The third kappa shape index (κ3) is 3.49. The number of carbonyl (C=O) groups excluding carboxylic acids is 1. The number of nitrogens with one attached hydrogen (secondary N) is 2. The van der Waals surface area contributed by atoms with Crippen molar-refractivity contribution in [1.82, 2.24) is 4.98 Å². The van der Waals surface area contributed by atoms with Crippen molar-refractivity contribution < 1.29 is 19.0 Å². The molecule has 2 aromatic carbocycles. The van der Waals surface area contributed by atoms with Gasteiger partial charge in [-0.15, -0.1) is 0 Å². The number of hydrogen-bond acceptors (Lipinski definition) is 4. The number of hydrogen-bond donors (Lipinski definition) is 2. The summed E-state index contributed by atoms with van der Waals surface area (Å²) in [6, 6.07) is 11.3. The molecule has 0 aliphatic rings. The van der Waals surface area contributed by atoms with Gasteiger partial charge in [0.05, 0.1) is 21.3 Å². The number of ether oxygens (including phenoxy) is 3. The summed E-state index contributed by atoms with van der Waals surface area (Å²) in [5, 5.41) is 3.85. The second-order valence-electron chi connectivity index (χ2n) is 5.52. The number of methoxy groups -OCH3 is 3. The number of aromatic amines is 1. The molecule has 0 saturated carbocycles. The fourth-order valence-corrected chi connectivity index (χ4v) is 2.69. The zero-order valence-corrected chi connectivity index (χ0v) is 14.8. The van der Waals surface area contributed by atoms with Crippen molar-refractivity contribution in [3.63, 3.8) is 0 Å². The van der Waals surface area contributed by atoms with Crippen molar-refractivity contribution in [2.45, 2.75) is 0 Å². The van der Waals surface area contributed by atoms with Gasteiger partial charge in [0.2, 0.25) is 5.91 Å². The number of H-pyrrole nitrogens is 1. The van der Waals surface area contributed by atoms with Crippen LogP contribution in [0.5, 0.6) is 17.2 Å². The Bertz CT molecular complexity index is 934. The quantitative estimate of drug-likeness (QED) is 0.661. The molecule has 3 rings (SSSR count). The molecule has 2 N–H and O–H groups in total. The molecule has 6 nitrogen and oxygen atoms in total. The van der Waals surface area contributed by atoms with Gasteiger partial charge in [-0.05, 0) is 17.7 Å². The zero-order chi connectivity index (χ0) is 18.5. The lowest BCUT2D eigenvalue weighted by atomic mass is 10.1. The molecular formula is C20H20N2O4. The van der Waals surface area contributed by atoms with Gasteiger partial charge in [-0.25, -0.2) is 0 Å². The van der Waals surface area contributed by atoms with E-state index in [1.807, 2.05) is 30.5 Å². The Kier molecular flexibility index (Phi) is 5.12. The van der Waals surface area contributed by atoms with Gasteiger partial charge in [0.1, 0.15) is 22.9 Å². The lowest BCUT2D eigenvalue weighted by Gasteiger charge is -2.15. The number of para-hydroxylation sites is 1. The molecule has 1 heterocycles. The standard InChI is InChI=1S/C20H20N2O4/c1-24-14-10-17(25-2)20(18(11-14)26-3)22-19(23)9-8-13-12-21-16-7-5-4-6-15(13)16/h4-12,21H,1-3H3,(H,22,23)/b9-8+. The molecule has 0 atom stereocenters. The zero-order valence-electron chi connectivity index (χ0n) is 14.8. The first-order valence-corrected chi connectivity index (χ1v) is 8.01. The van der Waals surface area contributed by atoms with Crippen molar-refractivity contribution in [3.05, 3.63) is 54.2 Å². The van der Waals surface area contributed by atoms with Crippen molar-refractivity contribution in [2.24, 2.45) is 0 Å². The van der Waals surface area contributed by atoms with E-state index in [0.29, 0.717) is 22.9 Å². The molecule has 0 fully saturated rings. The third-order valence-corrected chi connectivity index (χ3v) is 4.00. The van der Waals surface area contributed by atoms with Gasteiger partial charge < -0.3 is 24.5 Å². The fraction of sp³-hybridized carbons (Fsp3) is 0.150. The van der Waals surface area contributed by atoms with E-state index in [1.165, 1.54) is 20.3 Å². The number of anilines is 1. The van der Waals surface area contributed by atoms with Gasteiger partial charge in [-0.1, -0.05) is 18.2 Å². The minimum Gasteiger partial charge on any atom is -0.496 e. The summed E-state index contributed by atoms with van der Waals surface area (Å²) in [5.41, 5.74) is 2.40. The second-order valence-corrected chi connectivity index (χ2v) is 5.52. The minimum atomic E-state index is -0.294. The van der Waals surface area contributed by atoms with Crippen LogP contribution in [-0.2, 0) is 4.79 Å². The Balaban J connectivity index is 1.84. The summed E-state index contributed by atoms with van der Waals surface area (Å²) in [4.78, 5) is 15.6. The highest BCUT2D eigenvalue weighted by Gasteiger charge is 2.15. The van der Waals surface area contributed by atoms with Crippen LogP contribution in [0.2, 0.25) is 0 Å². The van der Waals surface area contributed by atoms with Crippen LogP contribution in [0.3, 0.4) is 0 Å². The highest BCUT2D eigenvalue weighted by Crippen LogP contribution is 2.38. The lowest BCUT2D eigenvalue weighted by Crippen LogP contribution is -2.10. The van der Waals surface area contributed by atoms with E-state index >= 15 is 0 Å². The van der Waals surface area contributed by atoms with Crippen LogP contribution in [0.1, 0.15) is 5.56 Å². The molecule has 0 spiro atoms. The molecule has 3 aromatic rings. The average molecular weight is 352 g/mol. The molecular weight excluding hydrogens is 332 g/mol. The van der Waals surface area contributed by atoms with Crippen LogP contribution < -0.4 is 19.5 Å². The third-order valence-electron chi connectivity index (χ3n) is 4.00. The summed E-state index contributed by atoms with van der Waals surface area (Å²) < 4.78 is 15.9. The van der Waals surface area contributed by atoms with Crippen LogP contribution in [0, 0.1) is 0 Å². The predicted octanol–water partition coefficient (Wildman–Crippen LogP) is 3.85. The van der Waals surface area contributed by atoms with Gasteiger partial charge >= 0.3 is 0 Å². The summed E-state index contributed by atoms with van der Waals surface area (Å²) in [7, 11) is 4.59. The molecule has 0 unspecified atom stereocenters. The fourth-order valence-electron chi connectivity index (χ4n) is 2.69. The number of benzene rings is 2. The molecule has 1 aromatic heterocycles. The molecule has 0 saturated heterocycles. The first kappa shape index (κ1) is 17.4. The summed E-state index contributed by atoms with van der Waals surface area (Å²) in [5.74, 6) is 1.19. The highest BCUT2D eigenvalue weighted by atomic mass is 16.5. The van der Waals surface area contributed by atoms with E-state index in [9.17, 15) is 4.79 Å². The van der Waals surface area contributed by atoms with Crippen LogP contribution in [-0.4, -0.2) is 32.2 Å². The van der Waals surface area contributed by atoms with Gasteiger partial charge in [0.15, 0.2) is 0 Å². The van der Waals surface area contributed by atoms with E-state index in [-0.39, 0.29) is 5.91 Å². The molecule has 0 radical (unpaired) electrons. The Hall–Kier alpha value is -3.41. The van der Waals surface area contributed by atoms with Crippen LogP contribution in [0.4, 0.5) is 5.69 Å². The van der Waals surface area contributed by atoms with Crippen LogP contribution in [0.25, 0.3) is 17.0 Å². The van der Waals surface area contributed by atoms with Gasteiger partial charge in [0, 0.05) is 35.3 Å². The average Bonchev–Trinajstić information content (AvgIpc) is 3.09. The molecule has 1 amide bonds. The van der Waals surface area contributed by atoms with Crippen LogP contribution in [0.15, 0.2) is 48.7 Å². The number of carbonyl (C=O) groups is 1. The topological polar surface area (TPSA) is 72.6 Å². The maximum Gasteiger partial charge on any atom is 0.248 e. The minimum absolute atomic E-state index is 0.294. The number of amides is 1. The molecule has 134 valence electrons. The first-order valence-electron chi connectivity index (χ1n) is 8.01. The van der Waals surface area contributed by atoms with Crippen molar-refractivity contribution in [2.75, 3.05) is 26.6 Å². The second kappa shape index (κ2) is 7.65. The lowest BCUT2D eigenvalue weighted by molar-refractivity contribution is -0.111.